The first kappa shape index (κ1) is 19.9. The van der Waals surface area contributed by atoms with E-state index in [9.17, 15) is 0 Å². The van der Waals surface area contributed by atoms with Gasteiger partial charge in [-0.3, -0.25) is 0 Å². The average molecular weight is 461 g/mol. The zero-order valence-electron chi connectivity index (χ0n) is 19.2. The van der Waals surface area contributed by atoms with Crippen LogP contribution in [0.4, 0.5) is 15.9 Å². The summed E-state index contributed by atoms with van der Waals surface area (Å²) in [4.78, 5) is 23.7. The molecule has 3 atom stereocenters. The van der Waals surface area contributed by atoms with Gasteiger partial charge in [0.1, 0.15) is 23.1 Å². The molecular formula is C24H25FN8O. The van der Waals surface area contributed by atoms with Gasteiger partial charge in [-0.05, 0) is 39.3 Å². The number of halogens is 1. The summed E-state index contributed by atoms with van der Waals surface area (Å²) in [5, 5.41) is 8.53. The van der Waals surface area contributed by atoms with E-state index in [1.807, 2.05) is 6.92 Å². The van der Waals surface area contributed by atoms with Gasteiger partial charge in [-0.2, -0.15) is 9.97 Å². The summed E-state index contributed by atoms with van der Waals surface area (Å²) in [6.07, 6.45) is 4.91. The van der Waals surface area contributed by atoms with Crippen molar-refractivity contribution in [1.82, 2.24) is 30.2 Å². The van der Waals surface area contributed by atoms with Crippen LogP contribution in [0.25, 0.3) is 21.9 Å². The zero-order valence-corrected chi connectivity index (χ0v) is 19.2. The van der Waals surface area contributed by atoms with Gasteiger partial charge in [0, 0.05) is 42.0 Å². The number of aryl methyl sites for hydroxylation is 1. The molecule has 0 amide bonds. The highest BCUT2D eigenvalue weighted by Gasteiger charge is 2.54. The molecule has 0 aliphatic carbocycles. The van der Waals surface area contributed by atoms with Crippen molar-refractivity contribution < 1.29 is 9.13 Å². The third kappa shape index (κ3) is 2.62. The van der Waals surface area contributed by atoms with Crippen LogP contribution in [0.1, 0.15) is 24.7 Å². The van der Waals surface area contributed by atoms with Crippen molar-refractivity contribution in [3.8, 4) is 11.8 Å². The minimum absolute atomic E-state index is 0.0396. The molecule has 2 fully saturated rings. The Hall–Kier alpha value is -3.53. The molecule has 4 aromatic rings. The third-order valence-electron chi connectivity index (χ3n) is 7.83. The summed E-state index contributed by atoms with van der Waals surface area (Å²) >= 11 is 0. The molecule has 3 aliphatic rings. The summed E-state index contributed by atoms with van der Waals surface area (Å²) in [5.41, 5.74) is 2.86. The molecule has 2 saturated heterocycles. The number of nitrogens with one attached hydrogen (secondary N) is 3. The number of fused-ring (bicyclic) bond motifs is 4. The molecule has 3 aliphatic heterocycles. The minimum atomic E-state index is -0.192. The number of benzene rings is 1. The van der Waals surface area contributed by atoms with Crippen LogP contribution in [0.15, 0.2) is 18.5 Å². The molecule has 3 N–H and O–H groups in total. The topological polar surface area (TPSA) is 104 Å². The molecule has 34 heavy (non-hydrogen) atoms. The Morgan fingerprint density at radius 1 is 1.24 bits per heavy atom. The van der Waals surface area contributed by atoms with Crippen molar-refractivity contribution in [2.45, 2.75) is 38.3 Å². The van der Waals surface area contributed by atoms with Crippen LogP contribution >= 0.6 is 0 Å². The highest BCUT2D eigenvalue weighted by molar-refractivity contribution is 6.16. The van der Waals surface area contributed by atoms with E-state index in [2.05, 4.69) is 42.4 Å². The fraction of sp³-hybridized carbons (Fsp3) is 0.417. The Bertz CT molecular complexity index is 1470. The first-order valence-electron chi connectivity index (χ1n) is 11.7. The Kier molecular flexibility index (Phi) is 3.95. The van der Waals surface area contributed by atoms with Crippen molar-refractivity contribution in [2.75, 3.05) is 30.4 Å². The van der Waals surface area contributed by atoms with Gasteiger partial charge in [0.2, 0.25) is 0 Å². The summed E-state index contributed by atoms with van der Waals surface area (Å²) in [7, 11) is 1.80. The number of hydrogen-bond donors (Lipinski definition) is 3. The van der Waals surface area contributed by atoms with Gasteiger partial charge < -0.3 is 25.3 Å². The van der Waals surface area contributed by atoms with Gasteiger partial charge in [0.15, 0.2) is 5.75 Å². The lowest BCUT2D eigenvalue weighted by atomic mass is 9.83. The first-order valence-corrected chi connectivity index (χ1v) is 11.7. The molecule has 0 bridgehead atoms. The van der Waals surface area contributed by atoms with Gasteiger partial charge in [0.05, 0.1) is 29.0 Å². The van der Waals surface area contributed by atoms with Crippen LogP contribution in [0, 0.1) is 18.7 Å². The number of nitrogens with zero attached hydrogens (tertiary/aromatic N) is 5. The lowest BCUT2D eigenvalue weighted by molar-refractivity contribution is 0.349. The van der Waals surface area contributed by atoms with Gasteiger partial charge in [0.25, 0.3) is 0 Å². The molecule has 6 heterocycles. The molecule has 0 saturated carbocycles. The van der Waals surface area contributed by atoms with E-state index in [0.29, 0.717) is 35.2 Å². The maximum Gasteiger partial charge on any atom is 0.326 e. The Balaban J connectivity index is 1.49. The second-order valence-electron chi connectivity index (χ2n) is 9.77. The number of rotatable bonds is 3. The van der Waals surface area contributed by atoms with Crippen LogP contribution in [0.5, 0.6) is 11.8 Å². The number of aromatic amines is 1. The van der Waals surface area contributed by atoms with Crippen molar-refractivity contribution in [3.63, 3.8) is 0 Å². The molecule has 0 unspecified atom stereocenters. The fourth-order valence-electron chi connectivity index (χ4n) is 6.29. The minimum Gasteiger partial charge on any atom is -0.421 e. The molecule has 1 aromatic carbocycles. The summed E-state index contributed by atoms with van der Waals surface area (Å²) in [6, 6.07) is 1.93. The Morgan fingerprint density at radius 2 is 2.06 bits per heavy atom. The highest BCUT2D eigenvalue weighted by Crippen LogP contribution is 2.49. The predicted molar refractivity (Wildman–Crippen MR) is 127 cm³/mol. The maximum atomic E-state index is 15.5. The molecule has 0 spiro atoms. The lowest BCUT2D eigenvalue weighted by Crippen LogP contribution is -2.43. The van der Waals surface area contributed by atoms with Crippen LogP contribution in [0.2, 0.25) is 0 Å². The molecular weight excluding hydrogens is 435 g/mol. The van der Waals surface area contributed by atoms with E-state index in [-0.39, 0.29) is 23.4 Å². The van der Waals surface area contributed by atoms with E-state index in [4.69, 9.17) is 9.72 Å². The van der Waals surface area contributed by atoms with Crippen LogP contribution in [0.3, 0.4) is 0 Å². The smallest absolute Gasteiger partial charge is 0.326 e. The SMILES string of the molecule is CNc1cc(F)c2c3c1[nH]c1nc(Oc4cnc(C)nc4)nc(c13)N1C[C@]3(C)NCC[C@@H]3[C@H]1C2. The van der Waals surface area contributed by atoms with Crippen molar-refractivity contribution in [3.05, 3.63) is 35.7 Å². The zero-order chi connectivity index (χ0) is 23.2. The number of hydrogen-bond acceptors (Lipinski definition) is 8. The van der Waals surface area contributed by atoms with Crippen LogP contribution in [-0.2, 0) is 6.42 Å². The highest BCUT2D eigenvalue weighted by atomic mass is 19.1. The Labute approximate surface area is 195 Å². The van der Waals surface area contributed by atoms with Gasteiger partial charge in [-0.15, -0.1) is 0 Å². The summed E-state index contributed by atoms with van der Waals surface area (Å²) < 4.78 is 21.5. The fourth-order valence-corrected chi connectivity index (χ4v) is 6.29. The van der Waals surface area contributed by atoms with Crippen molar-refractivity contribution >= 4 is 33.4 Å². The molecule has 10 heteroatoms. The normalized spacial score (nSPS) is 25.1. The number of anilines is 2. The average Bonchev–Trinajstić information content (AvgIpc) is 3.43. The van der Waals surface area contributed by atoms with E-state index < -0.39 is 0 Å². The number of aromatic nitrogens is 5. The van der Waals surface area contributed by atoms with E-state index in [1.54, 1.807) is 25.5 Å². The molecule has 9 nitrogen and oxygen atoms in total. The predicted octanol–water partition coefficient (Wildman–Crippen LogP) is 3.30. The van der Waals surface area contributed by atoms with Gasteiger partial charge in [-0.25, -0.2) is 14.4 Å². The maximum absolute atomic E-state index is 15.5. The number of H-pyrrole nitrogens is 1. The van der Waals surface area contributed by atoms with E-state index >= 15 is 4.39 Å². The van der Waals surface area contributed by atoms with Gasteiger partial charge >= 0.3 is 6.01 Å². The summed E-state index contributed by atoms with van der Waals surface area (Å²) in [5.74, 6) is 2.12. The van der Waals surface area contributed by atoms with E-state index in [0.717, 1.165) is 47.2 Å². The quantitative estimate of drug-likeness (QED) is 0.428. The van der Waals surface area contributed by atoms with Gasteiger partial charge in [-0.1, -0.05) is 0 Å². The third-order valence-corrected chi connectivity index (χ3v) is 7.83. The number of ether oxygens (including phenoxy) is 1. The largest absolute Gasteiger partial charge is 0.421 e. The molecule has 0 radical (unpaired) electrons. The first-order chi connectivity index (χ1) is 16.4. The lowest BCUT2D eigenvalue weighted by Gasteiger charge is -2.27. The molecule has 174 valence electrons. The van der Waals surface area contributed by atoms with Crippen LogP contribution in [-0.4, -0.2) is 56.6 Å². The molecule has 7 rings (SSSR count). The second kappa shape index (κ2) is 6.75. The summed E-state index contributed by atoms with van der Waals surface area (Å²) in [6.45, 7) is 5.87. The Morgan fingerprint density at radius 3 is 2.85 bits per heavy atom. The monoisotopic (exact) mass is 460 g/mol. The van der Waals surface area contributed by atoms with E-state index in [1.165, 1.54) is 0 Å². The molecule has 3 aromatic heterocycles. The van der Waals surface area contributed by atoms with Crippen molar-refractivity contribution in [1.29, 1.82) is 0 Å². The van der Waals surface area contributed by atoms with Crippen molar-refractivity contribution in [2.24, 2.45) is 5.92 Å². The van der Waals surface area contributed by atoms with Crippen LogP contribution < -0.4 is 20.3 Å². The second-order valence-corrected chi connectivity index (χ2v) is 9.77. The standard InChI is InChI=1S/C24H25FN8O/c1-11-27-8-12(9-28-11)34-23-31-21-19-18-13(15(25)7-16(26-3)20(18)30-21)6-17-14-4-5-29-24(14,2)10-33(17)22(19)32-23/h7-9,14,17,26,29H,4-6,10H2,1-3H3,(H,30,31,32)/t14-,17-,24+/m1/s1.